The second-order valence-electron chi connectivity index (χ2n) is 14.6. The maximum absolute atomic E-state index is 10.6. The summed E-state index contributed by atoms with van der Waals surface area (Å²) in [7, 11) is 0. The van der Waals surface area contributed by atoms with Gasteiger partial charge in [-0.3, -0.25) is 9.59 Å². The van der Waals surface area contributed by atoms with Crippen molar-refractivity contribution in [1.82, 2.24) is 0 Å². The van der Waals surface area contributed by atoms with Gasteiger partial charge in [0.15, 0.2) is 0 Å². The predicted octanol–water partition coefficient (Wildman–Crippen LogP) is 13.7. The van der Waals surface area contributed by atoms with Crippen LogP contribution in [0.2, 0.25) is 0 Å². The summed E-state index contributed by atoms with van der Waals surface area (Å²) in [6.07, 6.45) is 37.0. The average molecular weight is 864 g/mol. The van der Waals surface area contributed by atoms with Crippen molar-refractivity contribution in [2.45, 2.75) is 221 Å². The summed E-state index contributed by atoms with van der Waals surface area (Å²) in [5, 5.41) is 0. The first kappa shape index (κ1) is 60.7. The molecule has 0 aliphatic heterocycles. The van der Waals surface area contributed by atoms with Gasteiger partial charge < -0.3 is 34.7 Å². The summed E-state index contributed by atoms with van der Waals surface area (Å²) in [4.78, 5) is 21.3. The Hall–Kier alpha value is 0.439. The molecule has 0 fully saturated rings. The quantitative estimate of drug-likeness (QED) is 0.0291. The Morgan fingerprint density at radius 1 is 0.451 bits per heavy atom. The summed E-state index contributed by atoms with van der Waals surface area (Å²) < 4.78 is 9.71. The van der Waals surface area contributed by atoms with Crippen LogP contribution in [-0.2, 0) is 44.3 Å². The molecule has 0 saturated heterocycles. The van der Waals surface area contributed by atoms with E-state index in [0.717, 1.165) is 50.4 Å². The minimum absolute atomic E-state index is 0. The number of esters is 2. The van der Waals surface area contributed by atoms with E-state index in [9.17, 15) is 9.59 Å². The third-order valence-electron chi connectivity index (χ3n) is 8.32. The smallest absolute Gasteiger partial charge is 0.782 e. The van der Waals surface area contributed by atoms with E-state index < -0.39 is 0 Å². The third kappa shape index (κ3) is 72.4. The predicted molar refractivity (Wildman–Crippen MR) is 233 cm³/mol. The van der Waals surface area contributed by atoms with Gasteiger partial charge in [0.25, 0.3) is 11.9 Å². The van der Waals surface area contributed by atoms with Gasteiger partial charge >= 0.3 is 23.9 Å². The molecule has 0 heterocycles. The molecule has 0 amide bonds. The van der Waals surface area contributed by atoms with Crippen molar-refractivity contribution < 1.29 is 19.1 Å². The summed E-state index contributed by atoms with van der Waals surface area (Å²) in [6.45, 7) is 22.2. The molecule has 51 heavy (non-hydrogen) atoms. The molecule has 7 heteroatoms. The Bertz CT molecular complexity index is 548. The van der Waals surface area contributed by atoms with E-state index in [0.29, 0.717) is 13.2 Å². The maximum Gasteiger partial charge on any atom is 2.00 e. The molecule has 0 unspecified atom stereocenters. The number of hydrogen-bond donors (Lipinski definition) is 0. The number of hydrogen-bond acceptors (Lipinski definition) is 6. The first-order valence-electron chi connectivity index (χ1n) is 21.2. The van der Waals surface area contributed by atoms with E-state index in [1.54, 1.807) is 0 Å². The van der Waals surface area contributed by atoms with Gasteiger partial charge in [0.05, 0.1) is 13.2 Å². The minimum Gasteiger partial charge on any atom is -0.782 e. The van der Waals surface area contributed by atoms with Gasteiger partial charge in [-0.25, -0.2) is 0 Å². The Kier molecular flexibility index (Phi) is 68.0. The Balaban J connectivity index is -0.000000183. The number of carbonyl (C=O) groups excluding carboxylic acids is 2. The SMILES string of the molecule is CC(C)CCCCCOC(=O)C[S-].CC(C)CCCCCOC(=O)C[S-].[CH2]CCCCCCCCCCC.[CH2]CCCCCCCCCCC.[Sn+2]. The van der Waals surface area contributed by atoms with E-state index >= 15 is 0 Å². The monoisotopic (exact) mass is 865 g/mol. The fraction of sp³-hybridized carbons (Fsp3) is 0.909. The van der Waals surface area contributed by atoms with E-state index in [1.165, 1.54) is 141 Å². The average Bonchev–Trinajstić information content (AvgIpc) is 3.10. The fourth-order valence-corrected chi connectivity index (χ4v) is 5.26. The molecule has 0 aromatic heterocycles. The van der Waals surface area contributed by atoms with Crippen molar-refractivity contribution in [3.8, 4) is 0 Å². The molecular weight excluding hydrogens is 775 g/mol. The van der Waals surface area contributed by atoms with E-state index in [2.05, 4.69) is 80.6 Å². The normalized spacial score (nSPS) is 10.3. The molecule has 0 spiro atoms. The number of carbonyl (C=O) groups is 2. The molecule has 0 saturated carbocycles. The van der Waals surface area contributed by atoms with Crippen molar-refractivity contribution in [1.29, 1.82) is 0 Å². The van der Waals surface area contributed by atoms with E-state index in [-0.39, 0.29) is 47.4 Å². The van der Waals surface area contributed by atoms with Crippen LogP contribution in [0.25, 0.3) is 0 Å². The zero-order valence-corrected chi connectivity index (χ0v) is 39.6. The van der Waals surface area contributed by atoms with Gasteiger partial charge in [0.2, 0.25) is 0 Å². The van der Waals surface area contributed by atoms with Crippen LogP contribution in [0.15, 0.2) is 0 Å². The minimum atomic E-state index is -0.265. The molecule has 4 radical (unpaired) electrons. The standard InChI is InChI=1S/2C12H25.2C10H20O2S.Sn/c2*1-3-5-7-9-11-12-10-8-6-4-2;2*1-9(2)6-4-3-5-7-12-10(11)8-13;/h2*1,3-12H2,2H3;2*9,13H,3-8H2,1-2H3;/q;;;;+2/p-2. The second-order valence-corrected chi connectivity index (χ2v) is 15.2. The molecule has 0 rings (SSSR count). The molecule has 0 N–H and O–H groups in total. The van der Waals surface area contributed by atoms with E-state index in [1.807, 2.05) is 0 Å². The summed E-state index contributed by atoms with van der Waals surface area (Å²) in [5.41, 5.74) is 0. The summed E-state index contributed by atoms with van der Waals surface area (Å²) in [6, 6.07) is 0. The van der Waals surface area contributed by atoms with Crippen LogP contribution in [-0.4, -0.2) is 60.6 Å². The largest absolute Gasteiger partial charge is 2.00 e. The topological polar surface area (TPSA) is 52.6 Å². The Labute approximate surface area is 349 Å². The van der Waals surface area contributed by atoms with Crippen LogP contribution in [0, 0.1) is 25.7 Å². The molecular formula is C44H88O4S2Sn. The molecule has 0 bridgehead atoms. The molecule has 0 aliphatic carbocycles. The zero-order valence-electron chi connectivity index (χ0n) is 35.1. The molecule has 4 nitrogen and oxygen atoms in total. The Morgan fingerprint density at radius 2 is 0.706 bits per heavy atom. The third-order valence-corrected chi connectivity index (χ3v) is 8.79. The molecule has 0 aliphatic rings. The molecule has 0 aromatic rings. The van der Waals surface area contributed by atoms with Crippen LogP contribution >= 0.6 is 0 Å². The summed E-state index contributed by atoms with van der Waals surface area (Å²) >= 11 is 9.07. The fourth-order valence-electron chi connectivity index (χ4n) is 5.09. The van der Waals surface area contributed by atoms with Crippen molar-refractivity contribution in [3.63, 3.8) is 0 Å². The molecule has 0 atom stereocenters. The molecule has 0 aromatic carbocycles. The van der Waals surface area contributed by atoms with Gasteiger partial charge in [-0.15, -0.1) is 0 Å². The second kappa shape index (κ2) is 57.2. The van der Waals surface area contributed by atoms with Crippen LogP contribution in [0.4, 0.5) is 0 Å². The first-order chi connectivity index (χ1) is 24.2. The van der Waals surface area contributed by atoms with Crippen molar-refractivity contribution in [3.05, 3.63) is 13.8 Å². The van der Waals surface area contributed by atoms with Crippen molar-refractivity contribution in [2.75, 3.05) is 24.7 Å². The number of ether oxygens (including phenoxy) is 2. The zero-order chi connectivity index (χ0) is 38.4. The van der Waals surface area contributed by atoms with Crippen LogP contribution < -0.4 is 0 Å². The number of unbranched alkanes of at least 4 members (excludes halogenated alkanes) is 22. The Morgan fingerprint density at radius 3 is 0.941 bits per heavy atom. The number of rotatable bonds is 32. The van der Waals surface area contributed by atoms with E-state index in [4.69, 9.17) is 9.47 Å². The molecule has 304 valence electrons. The van der Waals surface area contributed by atoms with Crippen molar-refractivity contribution in [2.24, 2.45) is 11.8 Å². The maximum atomic E-state index is 10.6. The van der Waals surface area contributed by atoms with Gasteiger partial charge in [0, 0.05) is 0 Å². The van der Waals surface area contributed by atoms with Gasteiger partial charge in [-0.1, -0.05) is 234 Å². The van der Waals surface area contributed by atoms with Gasteiger partial charge in [-0.05, 0) is 24.7 Å². The van der Waals surface area contributed by atoms with Gasteiger partial charge in [0.1, 0.15) is 0 Å². The summed E-state index contributed by atoms with van der Waals surface area (Å²) in [5.74, 6) is 1.17. The van der Waals surface area contributed by atoms with Crippen molar-refractivity contribution >= 4 is 61.1 Å². The van der Waals surface area contributed by atoms with Crippen LogP contribution in [0.1, 0.15) is 221 Å². The van der Waals surface area contributed by atoms with Crippen LogP contribution in [0.5, 0.6) is 0 Å². The first-order valence-corrected chi connectivity index (χ1v) is 22.4. The van der Waals surface area contributed by atoms with Crippen LogP contribution in [0.3, 0.4) is 0 Å². The van der Waals surface area contributed by atoms with Gasteiger partial charge in [-0.2, -0.15) is 0 Å².